The van der Waals surface area contributed by atoms with Crippen LogP contribution in [-0.2, 0) is 19.1 Å². The van der Waals surface area contributed by atoms with Crippen LogP contribution in [0.4, 0.5) is 5.69 Å². The summed E-state index contributed by atoms with van der Waals surface area (Å²) in [6.07, 6.45) is 1.04. The summed E-state index contributed by atoms with van der Waals surface area (Å²) < 4.78 is 9.20. The van der Waals surface area contributed by atoms with E-state index < -0.39 is 11.9 Å². The molecule has 5 nitrogen and oxygen atoms in total. The highest BCUT2D eigenvalue weighted by molar-refractivity contribution is 5.98. The van der Waals surface area contributed by atoms with Gasteiger partial charge in [-0.3, -0.25) is 0 Å². The number of esters is 2. The van der Waals surface area contributed by atoms with Gasteiger partial charge in [-0.25, -0.2) is 9.59 Å². The van der Waals surface area contributed by atoms with Gasteiger partial charge < -0.3 is 14.8 Å². The predicted octanol–water partition coefficient (Wildman–Crippen LogP) is 3.39. The van der Waals surface area contributed by atoms with E-state index in [1.165, 1.54) is 14.2 Å². The summed E-state index contributed by atoms with van der Waals surface area (Å²) in [5, 5.41) is 2.86. The zero-order valence-corrected chi connectivity index (χ0v) is 14.1. The monoisotopic (exact) mass is 337 g/mol. The molecule has 128 valence electrons. The minimum Gasteiger partial charge on any atom is -0.466 e. The second-order valence-corrected chi connectivity index (χ2v) is 5.12. The van der Waals surface area contributed by atoms with Crippen LogP contribution >= 0.6 is 0 Å². The number of anilines is 1. The summed E-state index contributed by atoms with van der Waals surface area (Å²) in [6.45, 7) is 4.11. The lowest BCUT2D eigenvalue weighted by Crippen LogP contribution is -2.15. The Morgan fingerprint density at radius 1 is 0.920 bits per heavy atom. The zero-order valence-electron chi connectivity index (χ0n) is 14.1. The molecule has 0 amide bonds. The van der Waals surface area contributed by atoms with E-state index in [0.29, 0.717) is 5.69 Å². The molecule has 0 atom stereocenters. The Kier molecular flexibility index (Phi) is 6.12. The van der Waals surface area contributed by atoms with Crippen LogP contribution in [0.25, 0.3) is 5.57 Å². The molecule has 2 rings (SSSR count). The maximum atomic E-state index is 11.8. The molecule has 0 spiro atoms. The molecule has 0 bridgehead atoms. The molecule has 25 heavy (non-hydrogen) atoms. The Morgan fingerprint density at radius 3 is 2.08 bits per heavy atom. The normalized spacial score (nSPS) is 10.7. The maximum absolute atomic E-state index is 11.8. The van der Waals surface area contributed by atoms with E-state index in [0.717, 1.165) is 22.8 Å². The van der Waals surface area contributed by atoms with Crippen LogP contribution in [0.3, 0.4) is 0 Å². The zero-order chi connectivity index (χ0) is 18.2. The molecule has 0 saturated heterocycles. The van der Waals surface area contributed by atoms with Crippen molar-refractivity contribution in [2.75, 3.05) is 19.5 Å². The highest BCUT2D eigenvalue weighted by Crippen LogP contribution is 2.23. The number of hydrogen-bond acceptors (Lipinski definition) is 5. The second-order valence-electron chi connectivity index (χ2n) is 5.12. The lowest BCUT2D eigenvalue weighted by molar-refractivity contribution is -0.138. The summed E-state index contributed by atoms with van der Waals surface area (Å²) in [4.78, 5) is 23.1. The van der Waals surface area contributed by atoms with Crippen molar-refractivity contribution in [3.8, 4) is 0 Å². The summed E-state index contributed by atoms with van der Waals surface area (Å²) in [7, 11) is 2.47. The fourth-order valence-corrected chi connectivity index (χ4v) is 2.15. The summed E-state index contributed by atoms with van der Waals surface area (Å²) in [6, 6.07) is 17.2. The van der Waals surface area contributed by atoms with E-state index in [-0.39, 0.29) is 5.70 Å². The molecule has 0 aliphatic rings. The van der Waals surface area contributed by atoms with Gasteiger partial charge in [-0.1, -0.05) is 49.0 Å². The Bertz CT molecular complexity index is 792. The molecule has 0 aromatic heterocycles. The molecule has 5 heteroatoms. The average molecular weight is 337 g/mol. The van der Waals surface area contributed by atoms with Gasteiger partial charge in [0, 0.05) is 5.69 Å². The van der Waals surface area contributed by atoms with Crippen LogP contribution in [0.1, 0.15) is 11.1 Å². The van der Waals surface area contributed by atoms with Gasteiger partial charge >= 0.3 is 11.9 Å². The van der Waals surface area contributed by atoms with Crippen molar-refractivity contribution in [1.82, 2.24) is 0 Å². The number of nitrogens with one attached hydrogen (secondary N) is 1. The maximum Gasteiger partial charge on any atom is 0.354 e. The van der Waals surface area contributed by atoms with Gasteiger partial charge in [0.15, 0.2) is 0 Å². The van der Waals surface area contributed by atoms with Crippen molar-refractivity contribution in [3.05, 3.63) is 84.1 Å². The van der Waals surface area contributed by atoms with Gasteiger partial charge in [-0.15, -0.1) is 0 Å². The van der Waals surface area contributed by atoms with Crippen LogP contribution in [0.5, 0.6) is 0 Å². The highest BCUT2D eigenvalue weighted by Gasteiger charge is 2.13. The smallest absolute Gasteiger partial charge is 0.354 e. The second kappa shape index (κ2) is 8.49. The average Bonchev–Trinajstić information content (AvgIpc) is 2.67. The van der Waals surface area contributed by atoms with E-state index in [9.17, 15) is 9.59 Å². The molecule has 0 fully saturated rings. The number of hydrogen-bond donors (Lipinski definition) is 1. The number of carbonyl (C=O) groups excluding carboxylic acids is 2. The van der Waals surface area contributed by atoms with Crippen molar-refractivity contribution in [1.29, 1.82) is 0 Å². The van der Waals surface area contributed by atoms with Crippen molar-refractivity contribution in [2.24, 2.45) is 0 Å². The first-order valence-electron chi connectivity index (χ1n) is 7.55. The Morgan fingerprint density at radius 2 is 1.52 bits per heavy atom. The Hall–Kier alpha value is -3.34. The molecule has 0 aliphatic heterocycles. The van der Waals surface area contributed by atoms with E-state index in [1.807, 2.05) is 42.5 Å². The number of carbonyl (C=O) groups is 2. The van der Waals surface area contributed by atoms with Gasteiger partial charge in [-0.05, 0) is 28.8 Å². The fourth-order valence-electron chi connectivity index (χ4n) is 2.15. The van der Waals surface area contributed by atoms with E-state index in [1.54, 1.807) is 12.1 Å². The summed E-state index contributed by atoms with van der Waals surface area (Å²) >= 11 is 0. The van der Waals surface area contributed by atoms with Crippen LogP contribution in [0.15, 0.2) is 72.9 Å². The van der Waals surface area contributed by atoms with Crippen molar-refractivity contribution >= 4 is 23.2 Å². The number of rotatable bonds is 6. The molecule has 1 N–H and O–H groups in total. The number of benzene rings is 2. The summed E-state index contributed by atoms with van der Waals surface area (Å²) in [5.41, 5.74) is 3.50. The SMILES string of the molecule is C=C(c1ccccc1)c1ccc(N/C(=C/C(=O)OC)C(=O)OC)cc1. The van der Waals surface area contributed by atoms with E-state index >= 15 is 0 Å². The van der Waals surface area contributed by atoms with E-state index in [4.69, 9.17) is 0 Å². The minimum atomic E-state index is -0.664. The van der Waals surface area contributed by atoms with Crippen molar-refractivity contribution in [2.45, 2.75) is 0 Å². The Balaban J connectivity index is 2.18. The van der Waals surface area contributed by atoms with Crippen LogP contribution in [0, 0.1) is 0 Å². The topological polar surface area (TPSA) is 64.6 Å². The lowest BCUT2D eigenvalue weighted by atomic mass is 9.99. The molecule has 0 aliphatic carbocycles. The first-order valence-corrected chi connectivity index (χ1v) is 7.55. The van der Waals surface area contributed by atoms with Gasteiger partial charge in [0.25, 0.3) is 0 Å². The molecule has 0 saturated carbocycles. The van der Waals surface area contributed by atoms with Crippen LogP contribution < -0.4 is 5.32 Å². The predicted molar refractivity (Wildman–Crippen MR) is 96.8 cm³/mol. The third-order valence-corrected chi connectivity index (χ3v) is 3.50. The van der Waals surface area contributed by atoms with Crippen molar-refractivity contribution in [3.63, 3.8) is 0 Å². The molecular formula is C20H19NO4. The van der Waals surface area contributed by atoms with E-state index in [2.05, 4.69) is 21.4 Å². The Labute approximate surface area is 146 Å². The minimum absolute atomic E-state index is 0.0102. The number of ether oxygens (including phenoxy) is 2. The summed E-state index contributed by atoms with van der Waals surface area (Å²) in [5.74, 6) is -1.31. The fraction of sp³-hybridized carbons (Fsp3) is 0.100. The first kappa shape index (κ1) is 18.0. The van der Waals surface area contributed by atoms with Crippen molar-refractivity contribution < 1.29 is 19.1 Å². The number of methoxy groups -OCH3 is 2. The molecular weight excluding hydrogens is 318 g/mol. The van der Waals surface area contributed by atoms with Gasteiger partial charge in [-0.2, -0.15) is 0 Å². The van der Waals surface area contributed by atoms with Gasteiger partial charge in [0.1, 0.15) is 5.70 Å². The first-order chi connectivity index (χ1) is 12.0. The third-order valence-electron chi connectivity index (χ3n) is 3.50. The lowest BCUT2D eigenvalue weighted by Gasteiger charge is -2.11. The van der Waals surface area contributed by atoms with Gasteiger partial charge in [0.2, 0.25) is 0 Å². The largest absolute Gasteiger partial charge is 0.466 e. The quantitative estimate of drug-likeness (QED) is 0.646. The molecule has 2 aromatic rings. The highest BCUT2D eigenvalue weighted by atomic mass is 16.5. The van der Waals surface area contributed by atoms with Crippen LogP contribution in [-0.4, -0.2) is 26.2 Å². The molecule has 0 radical (unpaired) electrons. The molecule has 0 heterocycles. The molecule has 0 unspecified atom stereocenters. The molecule has 2 aromatic carbocycles. The standard InChI is InChI=1S/C20H19NO4/c1-14(15-7-5-4-6-8-15)16-9-11-17(12-10-16)21-18(20(23)25-3)13-19(22)24-2/h4-13,21H,1H2,2-3H3/b18-13+. The van der Waals surface area contributed by atoms with Gasteiger partial charge in [0.05, 0.1) is 20.3 Å². The van der Waals surface area contributed by atoms with Crippen LogP contribution in [0.2, 0.25) is 0 Å². The third kappa shape index (κ3) is 4.81.